The fourth-order valence-corrected chi connectivity index (χ4v) is 3.16. The molecule has 0 saturated carbocycles. The zero-order chi connectivity index (χ0) is 14.9. The molecule has 1 aromatic heterocycles. The number of nitrogens with one attached hydrogen (secondary N) is 1. The standard InChI is InChI=1S/C13H11ClN2O3S/c1-6(17)11(13(18)19)16-8-3-4-9(15-2)12-10(8)7(14)5-20-12/h3-6,11,16-17H,1H3,(H,18,19)/t6-,11+/m0/s1. The molecule has 20 heavy (non-hydrogen) atoms. The summed E-state index contributed by atoms with van der Waals surface area (Å²) in [5.41, 5.74) is 0.957. The number of fused-ring (bicyclic) bond motifs is 1. The van der Waals surface area contributed by atoms with Crippen molar-refractivity contribution in [2.75, 3.05) is 5.32 Å². The van der Waals surface area contributed by atoms with Crippen LogP contribution in [-0.2, 0) is 4.79 Å². The second kappa shape index (κ2) is 5.67. The van der Waals surface area contributed by atoms with Crippen molar-refractivity contribution in [2.45, 2.75) is 19.1 Å². The molecule has 3 N–H and O–H groups in total. The number of thiophene rings is 1. The molecule has 0 amide bonds. The van der Waals surface area contributed by atoms with Gasteiger partial charge in [-0.05, 0) is 13.0 Å². The topological polar surface area (TPSA) is 73.9 Å². The van der Waals surface area contributed by atoms with Crippen LogP contribution in [0.2, 0.25) is 5.02 Å². The molecular weight excluding hydrogens is 300 g/mol. The number of aliphatic hydroxyl groups excluding tert-OH is 1. The Morgan fingerprint density at radius 1 is 1.55 bits per heavy atom. The van der Waals surface area contributed by atoms with Crippen LogP contribution in [0.5, 0.6) is 0 Å². The highest BCUT2D eigenvalue weighted by molar-refractivity contribution is 7.18. The number of hydrogen-bond acceptors (Lipinski definition) is 4. The molecule has 0 bridgehead atoms. The molecule has 2 rings (SSSR count). The van der Waals surface area contributed by atoms with Crippen LogP contribution in [-0.4, -0.2) is 28.3 Å². The van der Waals surface area contributed by atoms with E-state index in [0.717, 1.165) is 0 Å². The van der Waals surface area contributed by atoms with E-state index in [4.69, 9.17) is 23.3 Å². The van der Waals surface area contributed by atoms with E-state index in [0.29, 0.717) is 26.5 Å². The quantitative estimate of drug-likeness (QED) is 0.757. The number of benzene rings is 1. The zero-order valence-corrected chi connectivity index (χ0v) is 12.0. The summed E-state index contributed by atoms with van der Waals surface area (Å²) in [6, 6.07) is 2.06. The van der Waals surface area contributed by atoms with Gasteiger partial charge in [-0.3, -0.25) is 0 Å². The number of aliphatic hydroxyl groups is 1. The molecule has 0 fully saturated rings. The lowest BCUT2D eigenvalue weighted by Crippen LogP contribution is -2.38. The minimum absolute atomic E-state index is 0.452. The first kappa shape index (κ1) is 14.6. The maximum atomic E-state index is 11.1. The number of anilines is 1. The Labute approximate surface area is 124 Å². The lowest BCUT2D eigenvalue weighted by molar-refractivity contribution is -0.140. The van der Waals surface area contributed by atoms with Gasteiger partial charge in [0.2, 0.25) is 5.69 Å². The van der Waals surface area contributed by atoms with Crippen LogP contribution < -0.4 is 5.32 Å². The van der Waals surface area contributed by atoms with Gasteiger partial charge >= 0.3 is 5.97 Å². The first-order valence-electron chi connectivity index (χ1n) is 5.70. The normalized spacial score (nSPS) is 13.7. The Morgan fingerprint density at radius 2 is 2.25 bits per heavy atom. The predicted octanol–water partition coefficient (Wildman–Crippen LogP) is 3.35. The van der Waals surface area contributed by atoms with Gasteiger partial charge in [0.05, 0.1) is 17.7 Å². The smallest absolute Gasteiger partial charge is 0.328 e. The number of nitrogens with zero attached hydrogens (tertiary/aromatic N) is 1. The molecule has 1 heterocycles. The van der Waals surface area contributed by atoms with Gasteiger partial charge in [0.1, 0.15) is 0 Å². The summed E-state index contributed by atoms with van der Waals surface area (Å²) in [5.74, 6) is -1.16. The van der Waals surface area contributed by atoms with Crippen molar-refractivity contribution >= 4 is 50.4 Å². The molecule has 0 aliphatic rings. The molecule has 7 heteroatoms. The van der Waals surface area contributed by atoms with Crippen LogP contribution in [0.4, 0.5) is 11.4 Å². The Balaban J connectivity index is 2.53. The second-order valence-electron chi connectivity index (χ2n) is 4.23. The summed E-state index contributed by atoms with van der Waals surface area (Å²) < 4.78 is 0.699. The number of carbonyl (C=O) groups is 1. The van der Waals surface area contributed by atoms with E-state index < -0.39 is 18.1 Å². The van der Waals surface area contributed by atoms with Gasteiger partial charge in [-0.1, -0.05) is 17.7 Å². The molecular formula is C13H11ClN2O3S. The summed E-state index contributed by atoms with van der Waals surface area (Å²) in [5, 5.41) is 24.1. The molecule has 2 atom stereocenters. The second-order valence-corrected chi connectivity index (χ2v) is 5.52. The van der Waals surface area contributed by atoms with Crippen molar-refractivity contribution < 1.29 is 15.0 Å². The number of carboxylic acids is 1. The van der Waals surface area contributed by atoms with E-state index in [-0.39, 0.29) is 0 Å². The van der Waals surface area contributed by atoms with Gasteiger partial charge in [-0.15, -0.1) is 0 Å². The van der Waals surface area contributed by atoms with Crippen LogP contribution in [0.15, 0.2) is 17.5 Å². The summed E-state index contributed by atoms with van der Waals surface area (Å²) in [4.78, 5) is 14.5. The highest BCUT2D eigenvalue weighted by Crippen LogP contribution is 2.41. The third kappa shape index (κ3) is 2.56. The van der Waals surface area contributed by atoms with Crippen LogP contribution in [0, 0.1) is 6.57 Å². The molecule has 1 aromatic carbocycles. The highest BCUT2D eigenvalue weighted by atomic mass is 35.5. The fourth-order valence-electron chi connectivity index (χ4n) is 1.86. The van der Waals surface area contributed by atoms with E-state index in [1.165, 1.54) is 18.3 Å². The largest absolute Gasteiger partial charge is 0.480 e. The Bertz CT molecular complexity index is 705. The molecule has 0 spiro atoms. The number of hydrogen-bond donors (Lipinski definition) is 3. The van der Waals surface area contributed by atoms with Gasteiger partial charge in [-0.25, -0.2) is 9.64 Å². The monoisotopic (exact) mass is 310 g/mol. The minimum atomic E-state index is -1.16. The van der Waals surface area contributed by atoms with Gasteiger partial charge in [0.25, 0.3) is 0 Å². The van der Waals surface area contributed by atoms with Crippen LogP contribution in [0.1, 0.15) is 6.92 Å². The first-order valence-corrected chi connectivity index (χ1v) is 6.96. The van der Waals surface area contributed by atoms with Crippen molar-refractivity contribution in [3.63, 3.8) is 0 Å². The van der Waals surface area contributed by atoms with Crippen LogP contribution >= 0.6 is 22.9 Å². The molecule has 104 valence electrons. The van der Waals surface area contributed by atoms with Gasteiger partial charge < -0.3 is 15.5 Å². The Kier molecular flexibility index (Phi) is 4.14. The summed E-state index contributed by atoms with van der Waals surface area (Å²) in [6.45, 7) is 8.51. The number of halogens is 1. The van der Waals surface area contributed by atoms with Crippen LogP contribution in [0.3, 0.4) is 0 Å². The maximum absolute atomic E-state index is 11.1. The third-order valence-electron chi connectivity index (χ3n) is 2.84. The van der Waals surface area contributed by atoms with Crippen molar-refractivity contribution in [1.29, 1.82) is 0 Å². The van der Waals surface area contributed by atoms with E-state index in [1.54, 1.807) is 17.5 Å². The summed E-state index contributed by atoms with van der Waals surface area (Å²) >= 11 is 7.43. The SMILES string of the molecule is [C-]#[N+]c1ccc(N[C@@H](C(=O)O)[C@H](C)O)c2c(Cl)csc12. The van der Waals surface area contributed by atoms with Crippen molar-refractivity contribution in [2.24, 2.45) is 0 Å². The van der Waals surface area contributed by atoms with E-state index in [2.05, 4.69) is 10.2 Å². The first-order chi connectivity index (χ1) is 9.45. The number of rotatable bonds is 4. The minimum Gasteiger partial charge on any atom is -0.480 e. The molecule has 0 radical (unpaired) electrons. The number of aliphatic carboxylic acids is 1. The molecule has 0 aliphatic heterocycles. The van der Waals surface area contributed by atoms with Crippen LogP contribution in [0.25, 0.3) is 14.9 Å². The van der Waals surface area contributed by atoms with E-state index >= 15 is 0 Å². The van der Waals surface area contributed by atoms with Crippen molar-refractivity contribution in [3.8, 4) is 0 Å². The van der Waals surface area contributed by atoms with Gasteiger partial charge in [0, 0.05) is 21.2 Å². The molecule has 0 aliphatic carbocycles. The molecule has 5 nitrogen and oxygen atoms in total. The lowest BCUT2D eigenvalue weighted by Gasteiger charge is -2.19. The average molecular weight is 311 g/mol. The van der Waals surface area contributed by atoms with Gasteiger partial charge in [0.15, 0.2) is 6.04 Å². The highest BCUT2D eigenvalue weighted by Gasteiger charge is 2.24. The third-order valence-corrected chi connectivity index (χ3v) is 4.27. The van der Waals surface area contributed by atoms with E-state index in [9.17, 15) is 9.90 Å². The van der Waals surface area contributed by atoms with Crippen molar-refractivity contribution in [1.82, 2.24) is 0 Å². The molecule has 0 unspecified atom stereocenters. The lowest BCUT2D eigenvalue weighted by atomic mass is 10.1. The molecule has 2 aromatic rings. The van der Waals surface area contributed by atoms with E-state index in [1.807, 2.05) is 0 Å². The Hall–Kier alpha value is -1.81. The Morgan fingerprint density at radius 3 is 2.80 bits per heavy atom. The van der Waals surface area contributed by atoms with Crippen molar-refractivity contribution in [3.05, 3.63) is 34.0 Å². The summed E-state index contributed by atoms with van der Waals surface area (Å²) in [7, 11) is 0. The molecule has 0 saturated heterocycles. The maximum Gasteiger partial charge on any atom is 0.328 e. The fraction of sp³-hybridized carbons (Fsp3) is 0.231. The van der Waals surface area contributed by atoms with Gasteiger partial charge in [-0.2, -0.15) is 11.3 Å². The number of carboxylic acid groups (broad SMARTS) is 1. The zero-order valence-electron chi connectivity index (χ0n) is 10.4. The average Bonchev–Trinajstić information content (AvgIpc) is 2.78. The summed E-state index contributed by atoms with van der Waals surface area (Å²) in [6.07, 6.45) is -1.07. The predicted molar refractivity (Wildman–Crippen MR) is 79.8 cm³/mol.